The lowest BCUT2D eigenvalue weighted by Crippen LogP contribution is -2.17. The van der Waals surface area contributed by atoms with Gasteiger partial charge >= 0.3 is 5.97 Å². The highest BCUT2D eigenvalue weighted by atomic mass is 35.5. The number of carbonyl (C=O) groups is 1. The fourth-order valence-electron chi connectivity index (χ4n) is 2.13. The predicted octanol–water partition coefficient (Wildman–Crippen LogP) is 4.07. The number of carboxylic acids is 1. The molecule has 1 N–H and O–H groups in total. The molecule has 2 rings (SSSR count). The molecule has 0 unspecified atom stereocenters. The first kappa shape index (κ1) is 15.1. The molecule has 0 aliphatic carbocycles. The van der Waals surface area contributed by atoms with E-state index in [1.54, 1.807) is 6.08 Å². The molecule has 0 aliphatic heterocycles. The summed E-state index contributed by atoms with van der Waals surface area (Å²) < 4.78 is 0. The van der Waals surface area contributed by atoms with Crippen LogP contribution in [0.1, 0.15) is 11.1 Å². The van der Waals surface area contributed by atoms with Crippen LogP contribution in [0.2, 0.25) is 5.02 Å². The molecule has 108 valence electrons. The lowest BCUT2D eigenvalue weighted by molar-refractivity contribution is -0.131. The van der Waals surface area contributed by atoms with Gasteiger partial charge in [-0.15, -0.1) is 0 Å². The summed E-state index contributed by atoms with van der Waals surface area (Å²) >= 11 is 6.00. The van der Waals surface area contributed by atoms with E-state index in [0.717, 1.165) is 22.9 Å². The highest BCUT2D eigenvalue weighted by molar-refractivity contribution is 6.30. The van der Waals surface area contributed by atoms with Gasteiger partial charge in [0.05, 0.1) is 0 Å². The SMILES string of the molecule is CN(Cc1cccc(Cl)c1)c1ccccc1C=CC(=O)O. The minimum atomic E-state index is -0.956. The van der Waals surface area contributed by atoms with Gasteiger partial charge in [0.15, 0.2) is 0 Å². The molecule has 0 fully saturated rings. The number of hydrogen-bond donors (Lipinski definition) is 1. The monoisotopic (exact) mass is 301 g/mol. The van der Waals surface area contributed by atoms with Crippen molar-refractivity contribution in [1.29, 1.82) is 0 Å². The number of carboxylic acid groups (broad SMARTS) is 1. The van der Waals surface area contributed by atoms with Gasteiger partial charge in [-0.05, 0) is 35.4 Å². The van der Waals surface area contributed by atoms with Crippen LogP contribution in [0.3, 0.4) is 0 Å². The molecule has 2 aromatic carbocycles. The normalized spacial score (nSPS) is 10.8. The van der Waals surface area contributed by atoms with Crippen molar-refractivity contribution in [3.8, 4) is 0 Å². The first-order chi connectivity index (χ1) is 10.1. The summed E-state index contributed by atoms with van der Waals surface area (Å²) in [5.74, 6) is -0.956. The molecule has 0 spiro atoms. The smallest absolute Gasteiger partial charge is 0.328 e. The second-order valence-electron chi connectivity index (χ2n) is 4.72. The average Bonchev–Trinajstić information content (AvgIpc) is 2.45. The van der Waals surface area contributed by atoms with Gasteiger partial charge in [0.2, 0.25) is 0 Å². The van der Waals surface area contributed by atoms with Crippen molar-refractivity contribution in [2.75, 3.05) is 11.9 Å². The molecule has 4 heteroatoms. The second kappa shape index (κ2) is 6.95. The van der Waals surface area contributed by atoms with E-state index in [4.69, 9.17) is 16.7 Å². The molecule has 0 atom stereocenters. The molecule has 0 saturated heterocycles. The van der Waals surface area contributed by atoms with E-state index in [1.165, 1.54) is 0 Å². The van der Waals surface area contributed by atoms with Crippen LogP contribution < -0.4 is 4.90 Å². The molecule has 0 bridgehead atoms. The van der Waals surface area contributed by atoms with E-state index >= 15 is 0 Å². The van der Waals surface area contributed by atoms with Gasteiger partial charge in [0.25, 0.3) is 0 Å². The Hall–Kier alpha value is -2.26. The molecular weight excluding hydrogens is 286 g/mol. The van der Waals surface area contributed by atoms with Crippen LogP contribution in [0.25, 0.3) is 6.08 Å². The van der Waals surface area contributed by atoms with Crippen molar-refractivity contribution in [3.05, 3.63) is 70.8 Å². The van der Waals surface area contributed by atoms with E-state index in [-0.39, 0.29) is 0 Å². The van der Waals surface area contributed by atoms with Crippen molar-refractivity contribution in [2.45, 2.75) is 6.54 Å². The molecular formula is C17H16ClNO2. The quantitative estimate of drug-likeness (QED) is 0.846. The molecule has 0 aromatic heterocycles. The van der Waals surface area contributed by atoms with Crippen LogP contribution in [-0.2, 0) is 11.3 Å². The molecule has 3 nitrogen and oxygen atoms in total. The Morgan fingerprint density at radius 2 is 2.00 bits per heavy atom. The molecule has 2 aromatic rings. The zero-order valence-corrected chi connectivity index (χ0v) is 12.4. The largest absolute Gasteiger partial charge is 0.478 e. The fourth-order valence-corrected chi connectivity index (χ4v) is 2.34. The summed E-state index contributed by atoms with van der Waals surface area (Å²) in [6, 6.07) is 15.4. The van der Waals surface area contributed by atoms with Crippen molar-refractivity contribution < 1.29 is 9.90 Å². The van der Waals surface area contributed by atoms with E-state index < -0.39 is 5.97 Å². The third kappa shape index (κ3) is 4.36. The number of benzene rings is 2. The number of halogens is 1. The number of aliphatic carboxylic acids is 1. The molecule has 0 saturated carbocycles. The van der Waals surface area contributed by atoms with E-state index in [9.17, 15) is 4.79 Å². The predicted molar refractivity (Wildman–Crippen MR) is 86.7 cm³/mol. The highest BCUT2D eigenvalue weighted by Crippen LogP contribution is 2.23. The van der Waals surface area contributed by atoms with E-state index in [0.29, 0.717) is 11.6 Å². The average molecular weight is 302 g/mol. The van der Waals surface area contributed by atoms with Gasteiger partial charge in [0.1, 0.15) is 0 Å². The van der Waals surface area contributed by atoms with Gasteiger partial charge < -0.3 is 10.0 Å². The topological polar surface area (TPSA) is 40.5 Å². The molecule has 21 heavy (non-hydrogen) atoms. The Labute approximate surface area is 129 Å². The molecule has 0 heterocycles. The molecule has 0 amide bonds. The Bertz CT molecular complexity index is 667. The first-order valence-corrected chi connectivity index (χ1v) is 6.89. The highest BCUT2D eigenvalue weighted by Gasteiger charge is 2.06. The number of rotatable bonds is 5. The van der Waals surface area contributed by atoms with Crippen LogP contribution >= 0.6 is 11.6 Å². The second-order valence-corrected chi connectivity index (χ2v) is 5.15. The summed E-state index contributed by atoms with van der Waals surface area (Å²) in [5, 5.41) is 9.46. The minimum Gasteiger partial charge on any atom is -0.478 e. The van der Waals surface area contributed by atoms with Gasteiger partial charge in [-0.3, -0.25) is 0 Å². The van der Waals surface area contributed by atoms with Gasteiger partial charge in [-0.25, -0.2) is 4.79 Å². The van der Waals surface area contributed by atoms with Crippen LogP contribution in [0, 0.1) is 0 Å². The fraction of sp³-hybridized carbons (Fsp3) is 0.118. The lowest BCUT2D eigenvalue weighted by atomic mass is 10.1. The summed E-state index contributed by atoms with van der Waals surface area (Å²) in [4.78, 5) is 12.7. The van der Waals surface area contributed by atoms with Gasteiger partial charge in [-0.1, -0.05) is 41.9 Å². The van der Waals surface area contributed by atoms with E-state index in [2.05, 4.69) is 4.90 Å². The minimum absolute atomic E-state index is 0.693. The summed E-state index contributed by atoms with van der Waals surface area (Å²) in [6.45, 7) is 0.693. The lowest BCUT2D eigenvalue weighted by Gasteiger charge is -2.21. The zero-order valence-electron chi connectivity index (χ0n) is 11.7. The van der Waals surface area contributed by atoms with Crippen molar-refractivity contribution in [3.63, 3.8) is 0 Å². The summed E-state index contributed by atoms with van der Waals surface area (Å²) in [5.41, 5.74) is 2.93. The Kier molecular flexibility index (Phi) is 5.01. The van der Waals surface area contributed by atoms with Crippen LogP contribution in [0.15, 0.2) is 54.6 Å². The molecule has 0 radical (unpaired) electrons. The maximum absolute atomic E-state index is 10.7. The first-order valence-electron chi connectivity index (χ1n) is 6.52. The maximum Gasteiger partial charge on any atom is 0.328 e. The van der Waals surface area contributed by atoms with Crippen molar-refractivity contribution >= 4 is 29.3 Å². The number of nitrogens with zero attached hydrogens (tertiary/aromatic N) is 1. The Balaban J connectivity index is 2.23. The third-order valence-corrected chi connectivity index (χ3v) is 3.30. The zero-order chi connectivity index (χ0) is 15.2. The van der Waals surface area contributed by atoms with Crippen molar-refractivity contribution in [2.24, 2.45) is 0 Å². The number of para-hydroxylation sites is 1. The number of anilines is 1. The summed E-state index contributed by atoms with van der Waals surface area (Å²) in [7, 11) is 1.97. The van der Waals surface area contributed by atoms with Crippen LogP contribution in [-0.4, -0.2) is 18.1 Å². The molecule has 0 aliphatic rings. The summed E-state index contributed by atoms with van der Waals surface area (Å²) in [6.07, 6.45) is 2.75. The Morgan fingerprint density at radius 3 is 2.71 bits per heavy atom. The maximum atomic E-state index is 10.7. The van der Waals surface area contributed by atoms with Gasteiger partial charge in [-0.2, -0.15) is 0 Å². The number of hydrogen-bond acceptors (Lipinski definition) is 2. The Morgan fingerprint density at radius 1 is 1.24 bits per heavy atom. The van der Waals surface area contributed by atoms with Crippen molar-refractivity contribution in [1.82, 2.24) is 0 Å². The van der Waals surface area contributed by atoms with E-state index in [1.807, 2.05) is 55.6 Å². The standard InChI is InChI=1S/C17H16ClNO2/c1-19(12-13-5-4-7-15(18)11-13)16-8-3-2-6-14(16)9-10-17(20)21/h2-11H,12H2,1H3,(H,20,21). The van der Waals surface area contributed by atoms with Gasteiger partial charge in [0, 0.05) is 30.4 Å². The third-order valence-electron chi connectivity index (χ3n) is 3.06. The van der Waals surface area contributed by atoms with Crippen LogP contribution in [0.4, 0.5) is 5.69 Å². The van der Waals surface area contributed by atoms with Crippen LogP contribution in [0.5, 0.6) is 0 Å².